The number of nitrogens with zero attached hydrogens (tertiary/aromatic N) is 1. The maximum absolute atomic E-state index is 2.42. The highest BCUT2D eigenvalue weighted by atomic mass is 15.1. The van der Waals surface area contributed by atoms with Crippen LogP contribution in [0.1, 0.15) is 44.1 Å². The molecule has 0 aromatic heterocycles. The van der Waals surface area contributed by atoms with Crippen molar-refractivity contribution >= 4 is 5.69 Å². The van der Waals surface area contributed by atoms with E-state index >= 15 is 0 Å². The van der Waals surface area contributed by atoms with Crippen molar-refractivity contribution in [3.8, 4) is 0 Å². The van der Waals surface area contributed by atoms with Gasteiger partial charge in [0.1, 0.15) is 0 Å². The zero-order chi connectivity index (χ0) is 11.1. The second-order valence-corrected chi connectivity index (χ2v) is 5.02. The predicted octanol–water partition coefficient (Wildman–Crippen LogP) is 4.07. The molecule has 2 aliphatic rings. The Kier molecular flexibility index (Phi) is 2.27. The van der Waals surface area contributed by atoms with Gasteiger partial charge in [-0.05, 0) is 42.9 Å². The molecule has 84 valence electrons. The molecule has 1 aromatic carbocycles. The van der Waals surface area contributed by atoms with E-state index in [0.717, 1.165) is 0 Å². The van der Waals surface area contributed by atoms with Gasteiger partial charge in [0, 0.05) is 24.4 Å². The number of hydrogen-bond donors (Lipinski definition) is 0. The summed E-state index contributed by atoms with van der Waals surface area (Å²) in [4.78, 5) is 2.42. The van der Waals surface area contributed by atoms with Gasteiger partial charge in [0.2, 0.25) is 0 Å². The van der Waals surface area contributed by atoms with Crippen molar-refractivity contribution in [1.82, 2.24) is 0 Å². The number of fused-ring (bicyclic) bond motifs is 1. The van der Waals surface area contributed by atoms with E-state index in [1.807, 2.05) is 0 Å². The van der Waals surface area contributed by atoms with Crippen molar-refractivity contribution in [2.45, 2.75) is 38.5 Å². The summed E-state index contributed by atoms with van der Waals surface area (Å²) in [6, 6.07) is 8.85. The maximum atomic E-state index is 2.42. The second kappa shape index (κ2) is 3.65. The lowest BCUT2D eigenvalue weighted by Gasteiger charge is -2.38. The van der Waals surface area contributed by atoms with Crippen molar-refractivity contribution in [1.29, 1.82) is 0 Å². The van der Waals surface area contributed by atoms with Crippen molar-refractivity contribution in [3.63, 3.8) is 0 Å². The number of allylic oxidation sites excluding steroid dienone is 2. The molecule has 0 bridgehead atoms. The van der Waals surface area contributed by atoms with Crippen LogP contribution in [0.3, 0.4) is 0 Å². The third-order valence-corrected chi connectivity index (χ3v) is 4.17. The van der Waals surface area contributed by atoms with Crippen LogP contribution in [0.2, 0.25) is 0 Å². The average Bonchev–Trinajstić information content (AvgIpc) is 2.36. The van der Waals surface area contributed by atoms with Gasteiger partial charge in [0.25, 0.3) is 0 Å². The molecule has 0 amide bonds. The SMILES string of the molecule is CC1C2=C(CCCC2)N(C)c2ccccc21. The van der Waals surface area contributed by atoms with Gasteiger partial charge in [0.05, 0.1) is 0 Å². The minimum Gasteiger partial charge on any atom is -0.348 e. The van der Waals surface area contributed by atoms with Crippen LogP contribution in [0.4, 0.5) is 5.69 Å². The topological polar surface area (TPSA) is 3.24 Å². The van der Waals surface area contributed by atoms with E-state index in [2.05, 4.69) is 43.1 Å². The normalized spacial score (nSPS) is 24.1. The molecule has 0 radical (unpaired) electrons. The Morgan fingerprint density at radius 2 is 1.88 bits per heavy atom. The number of rotatable bonds is 0. The largest absolute Gasteiger partial charge is 0.348 e. The van der Waals surface area contributed by atoms with Crippen molar-refractivity contribution in [2.24, 2.45) is 0 Å². The van der Waals surface area contributed by atoms with Gasteiger partial charge in [-0.3, -0.25) is 0 Å². The summed E-state index contributed by atoms with van der Waals surface area (Å²) in [5.41, 5.74) is 6.20. The van der Waals surface area contributed by atoms with Crippen LogP contribution >= 0.6 is 0 Å². The van der Waals surface area contributed by atoms with Crippen LogP contribution in [0.15, 0.2) is 35.5 Å². The minimum absolute atomic E-state index is 0.627. The first-order valence-corrected chi connectivity index (χ1v) is 6.33. The zero-order valence-electron chi connectivity index (χ0n) is 10.2. The highest BCUT2D eigenvalue weighted by Crippen LogP contribution is 2.45. The molecule has 1 heterocycles. The van der Waals surface area contributed by atoms with Gasteiger partial charge < -0.3 is 4.90 Å². The van der Waals surface area contributed by atoms with Gasteiger partial charge in [0.15, 0.2) is 0 Å². The predicted molar refractivity (Wildman–Crippen MR) is 68.8 cm³/mol. The summed E-state index contributed by atoms with van der Waals surface area (Å²) in [6.45, 7) is 2.37. The average molecular weight is 213 g/mol. The molecule has 3 rings (SSSR count). The van der Waals surface area contributed by atoms with E-state index in [1.165, 1.54) is 36.9 Å². The summed E-state index contributed by atoms with van der Waals surface area (Å²) in [5, 5.41) is 0. The highest BCUT2D eigenvalue weighted by molar-refractivity contribution is 5.64. The molecule has 0 N–H and O–H groups in total. The first-order chi connectivity index (χ1) is 7.79. The Bertz CT molecular complexity index is 404. The molecule has 1 heteroatoms. The Morgan fingerprint density at radius 3 is 2.75 bits per heavy atom. The summed E-state index contributed by atoms with van der Waals surface area (Å²) in [5.74, 6) is 0.627. The van der Waals surface area contributed by atoms with Crippen molar-refractivity contribution in [2.75, 3.05) is 11.9 Å². The van der Waals surface area contributed by atoms with Crippen molar-refractivity contribution in [3.05, 3.63) is 41.1 Å². The van der Waals surface area contributed by atoms with E-state index in [1.54, 1.807) is 11.3 Å². The Labute approximate surface area is 97.8 Å². The molecular formula is C15H19N. The van der Waals surface area contributed by atoms with Gasteiger partial charge in [-0.2, -0.15) is 0 Å². The first-order valence-electron chi connectivity index (χ1n) is 6.33. The van der Waals surface area contributed by atoms with Crippen molar-refractivity contribution < 1.29 is 0 Å². The maximum Gasteiger partial charge on any atom is 0.0444 e. The fourth-order valence-corrected chi connectivity index (χ4v) is 3.25. The fourth-order valence-electron chi connectivity index (χ4n) is 3.25. The van der Waals surface area contributed by atoms with Gasteiger partial charge >= 0.3 is 0 Å². The number of anilines is 1. The van der Waals surface area contributed by atoms with E-state index in [4.69, 9.17) is 0 Å². The van der Waals surface area contributed by atoms with Gasteiger partial charge in [-0.1, -0.05) is 25.1 Å². The highest BCUT2D eigenvalue weighted by Gasteiger charge is 2.28. The number of hydrogen-bond acceptors (Lipinski definition) is 1. The smallest absolute Gasteiger partial charge is 0.0444 e. The molecule has 1 unspecified atom stereocenters. The van der Waals surface area contributed by atoms with E-state index < -0.39 is 0 Å². The number of para-hydroxylation sites is 1. The van der Waals surface area contributed by atoms with Gasteiger partial charge in [-0.15, -0.1) is 0 Å². The molecule has 1 aromatic rings. The van der Waals surface area contributed by atoms with Crippen LogP contribution in [0.5, 0.6) is 0 Å². The molecule has 0 saturated carbocycles. The summed E-state index contributed by atoms with van der Waals surface area (Å²) >= 11 is 0. The lowest BCUT2D eigenvalue weighted by Crippen LogP contribution is -2.27. The van der Waals surface area contributed by atoms with E-state index in [0.29, 0.717) is 5.92 Å². The van der Waals surface area contributed by atoms with E-state index in [9.17, 15) is 0 Å². The number of benzene rings is 1. The standard InChI is InChI=1S/C15H19N/c1-11-12-7-3-5-9-14(12)16(2)15-10-6-4-8-13(11)15/h3,5,7,9,11H,4,6,8,10H2,1-2H3. The Balaban J connectivity index is 2.14. The zero-order valence-corrected chi connectivity index (χ0v) is 10.2. The van der Waals surface area contributed by atoms with Crippen LogP contribution in [0.25, 0.3) is 0 Å². The van der Waals surface area contributed by atoms with Crippen LogP contribution in [0, 0.1) is 0 Å². The van der Waals surface area contributed by atoms with Crippen LogP contribution in [-0.2, 0) is 0 Å². The molecule has 0 saturated heterocycles. The quantitative estimate of drug-likeness (QED) is 0.628. The molecule has 1 aliphatic carbocycles. The second-order valence-electron chi connectivity index (χ2n) is 5.02. The molecule has 1 aliphatic heterocycles. The molecule has 1 atom stereocenters. The Morgan fingerprint density at radius 1 is 1.12 bits per heavy atom. The summed E-state index contributed by atoms with van der Waals surface area (Å²) in [6.07, 6.45) is 5.30. The molecule has 0 fully saturated rings. The van der Waals surface area contributed by atoms with E-state index in [-0.39, 0.29) is 0 Å². The molecule has 0 spiro atoms. The first kappa shape index (κ1) is 9.95. The minimum atomic E-state index is 0.627. The monoisotopic (exact) mass is 213 g/mol. The third-order valence-electron chi connectivity index (χ3n) is 4.17. The summed E-state index contributed by atoms with van der Waals surface area (Å²) in [7, 11) is 2.23. The fraction of sp³-hybridized carbons (Fsp3) is 0.467. The lowest BCUT2D eigenvalue weighted by atomic mass is 9.80. The Hall–Kier alpha value is -1.24. The van der Waals surface area contributed by atoms with Crippen LogP contribution < -0.4 is 4.90 Å². The lowest BCUT2D eigenvalue weighted by molar-refractivity contribution is 0.606. The molecular weight excluding hydrogens is 194 g/mol. The van der Waals surface area contributed by atoms with Gasteiger partial charge in [-0.25, -0.2) is 0 Å². The molecule has 16 heavy (non-hydrogen) atoms. The molecule has 1 nitrogen and oxygen atoms in total. The third kappa shape index (κ3) is 1.31. The van der Waals surface area contributed by atoms with Crippen LogP contribution in [-0.4, -0.2) is 7.05 Å². The summed E-state index contributed by atoms with van der Waals surface area (Å²) < 4.78 is 0.